The van der Waals surface area contributed by atoms with Crippen molar-refractivity contribution in [2.24, 2.45) is 0 Å². The standard InChI is InChI=1S/C41H29N3/c1-4-14-28(15-5-1)35-26-31(27-36(42-35)29-16-6-2-7-17-29)44-37-22-12-10-20-32(37)33-24-25-39-40(41(33)44)34-21-11-13-23-38(34)43(39)30-18-8-3-9-19-30/h1-12,14-22,24-27H,13,23H2. The van der Waals surface area contributed by atoms with Gasteiger partial charge < -0.3 is 9.13 Å². The number of pyridine rings is 1. The molecule has 0 fully saturated rings. The van der Waals surface area contributed by atoms with E-state index in [2.05, 4.69) is 161 Å². The maximum atomic E-state index is 5.19. The topological polar surface area (TPSA) is 22.8 Å². The Bertz CT molecular complexity index is 2300. The SMILES string of the molecule is C1=Cc2c(n(-c3ccccc3)c3ccc4c5ccccc5n(-c5cc(-c6ccccc6)nc(-c6ccccc6)c5)c4c23)CC1. The van der Waals surface area contributed by atoms with Crippen LogP contribution in [0.2, 0.25) is 0 Å². The van der Waals surface area contributed by atoms with Gasteiger partial charge in [-0.15, -0.1) is 0 Å². The molecule has 3 aromatic heterocycles. The number of nitrogens with zero attached hydrogens (tertiary/aromatic N) is 3. The molecule has 0 aliphatic heterocycles. The fourth-order valence-corrected chi connectivity index (χ4v) is 7.06. The molecule has 8 aromatic rings. The molecule has 3 heterocycles. The normalized spacial score (nSPS) is 12.7. The molecule has 0 amide bonds. The molecule has 0 saturated heterocycles. The molecule has 1 aliphatic rings. The minimum Gasteiger partial charge on any atom is -0.313 e. The van der Waals surface area contributed by atoms with Crippen molar-refractivity contribution < 1.29 is 0 Å². The van der Waals surface area contributed by atoms with Crippen molar-refractivity contribution in [3.05, 3.63) is 157 Å². The number of benzene rings is 5. The van der Waals surface area contributed by atoms with E-state index in [0.29, 0.717) is 0 Å². The molecule has 0 unspecified atom stereocenters. The second-order valence-corrected chi connectivity index (χ2v) is 11.5. The zero-order chi connectivity index (χ0) is 29.0. The van der Waals surface area contributed by atoms with Crippen LogP contribution < -0.4 is 0 Å². The molecule has 0 spiro atoms. The first-order chi connectivity index (χ1) is 21.8. The van der Waals surface area contributed by atoms with Crippen molar-refractivity contribution in [3.8, 4) is 33.9 Å². The average Bonchev–Trinajstić information content (AvgIpc) is 3.62. The van der Waals surface area contributed by atoms with E-state index in [9.17, 15) is 0 Å². The van der Waals surface area contributed by atoms with Gasteiger partial charge in [-0.3, -0.25) is 0 Å². The van der Waals surface area contributed by atoms with Crippen molar-refractivity contribution in [3.63, 3.8) is 0 Å². The van der Waals surface area contributed by atoms with E-state index in [1.807, 2.05) is 0 Å². The molecule has 44 heavy (non-hydrogen) atoms. The maximum absolute atomic E-state index is 5.19. The lowest BCUT2D eigenvalue weighted by molar-refractivity contribution is 0.888. The molecule has 3 nitrogen and oxygen atoms in total. The van der Waals surface area contributed by atoms with E-state index in [0.717, 1.165) is 41.0 Å². The van der Waals surface area contributed by atoms with Crippen molar-refractivity contribution in [2.75, 3.05) is 0 Å². The van der Waals surface area contributed by atoms with Gasteiger partial charge in [0.25, 0.3) is 0 Å². The van der Waals surface area contributed by atoms with Crippen molar-refractivity contribution in [1.82, 2.24) is 14.1 Å². The molecule has 0 bridgehead atoms. The van der Waals surface area contributed by atoms with Gasteiger partial charge in [-0.1, -0.05) is 115 Å². The minimum absolute atomic E-state index is 0.962. The molecule has 0 radical (unpaired) electrons. The highest BCUT2D eigenvalue weighted by molar-refractivity contribution is 6.20. The van der Waals surface area contributed by atoms with Gasteiger partial charge in [0.15, 0.2) is 0 Å². The summed E-state index contributed by atoms with van der Waals surface area (Å²) in [7, 11) is 0. The maximum Gasteiger partial charge on any atom is 0.0730 e. The third kappa shape index (κ3) is 3.79. The Morgan fingerprint density at radius 3 is 1.86 bits per heavy atom. The largest absolute Gasteiger partial charge is 0.313 e. The summed E-state index contributed by atoms with van der Waals surface area (Å²) >= 11 is 0. The number of allylic oxidation sites excluding steroid dienone is 1. The summed E-state index contributed by atoms with van der Waals surface area (Å²) in [5, 5.41) is 3.82. The molecule has 5 aromatic carbocycles. The molecule has 0 N–H and O–H groups in total. The molecular formula is C41H29N3. The Hall–Kier alpha value is -5.67. The third-order valence-electron chi connectivity index (χ3n) is 8.96. The fourth-order valence-electron chi connectivity index (χ4n) is 7.06. The van der Waals surface area contributed by atoms with Gasteiger partial charge >= 0.3 is 0 Å². The lowest BCUT2D eigenvalue weighted by Crippen LogP contribution is -2.02. The van der Waals surface area contributed by atoms with Gasteiger partial charge in [-0.2, -0.15) is 0 Å². The van der Waals surface area contributed by atoms with Crippen LogP contribution in [-0.4, -0.2) is 14.1 Å². The Morgan fingerprint density at radius 2 is 1.16 bits per heavy atom. The van der Waals surface area contributed by atoms with Crippen LogP contribution >= 0.6 is 0 Å². The molecule has 208 valence electrons. The number of fused-ring (bicyclic) bond motifs is 7. The van der Waals surface area contributed by atoms with Gasteiger partial charge in [0.2, 0.25) is 0 Å². The van der Waals surface area contributed by atoms with E-state index in [1.165, 1.54) is 49.7 Å². The first-order valence-electron chi connectivity index (χ1n) is 15.3. The summed E-state index contributed by atoms with van der Waals surface area (Å²) in [5.74, 6) is 0. The van der Waals surface area contributed by atoms with Crippen molar-refractivity contribution in [1.29, 1.82) is 0 Å². The van der Waals surface area contributed by atoms with Gasteiger partial charge in [-0.05, 0) is 49.2 Å². The van der Waals surface area contributed by atoms with E-state index < -0.39 is 0 Å². The molecule has 3 heteroatoms. The summed E-state index contributed by atoms with van der Waals surface area (Å²) in [6.07, 6.45) is 6.74. The lowest BCUT2D eigenvalue weighted by Gasteiger charge is -2.14. The fraction of sp³-hybridized carbons (Fsp3) is 0.0488. The van der Waals surface area contributed by atoms with Gasteiger partial charge in [0.1, 0.15) is 0 Å². The van der Waals surface area contributed by atoms with E-state index in [1.54, 1.807) is 0 Å². The van der Waals surface area contributed by atoms with Crippen LogP contribution in [0.15, 0.2) is 146 Å². The summed E-state index contributed by atoms with van der Waals surface area (Å²) in [4.78, 5) is 5.19. The molecule has 0 atom stereocenters. The number of hydrogen-bond acceptors (Lipinski definition) is 1. The smallest absolute Gasteiger partial charge is 0.0730 e. The monoisotopic (exact) mass is 563 g/mol. The molecule has 1 aliphatic carbocycles. The van der Waals surface area contributed by atoms with Crippen LogP contribution in [0.1, 0.15) is 17.7 Å². The third-order valence-corrected chi connectivity index (χ3v) is 8.96. The van der Waals surface area contributed by atoms with Gasteiger partial charge in [0.05, 0.1) is 33.6 Å². The minimum atomic E-state index is 0.962. The Labute approximate surface area is 256 Å². The predicted molar refractivity (Wildman–Crippen MR) is 184 cm³/mol. The van der Waals surface area contributed by atoms with Crippen LogP contribution in [0.5, 0.6) is 0 Å². The zero-order valence-electron chi connectivity index (χ0n) is 24.2. The first-order valence-corrected chi connectivity index (χ1v) is 15.3. The highest BCUT2D eigenvalue weighted by Crippen LogP contribution is 2.43. The van der Waals surface area contributed by atoms with Crippen LogP contribution in [0, 0.1) is 0 Å². The average molecular weight is 564 g/mol. The molecule has 0 saturated carbocycles. The van der Waals surface area contributed by atoms with Crippen LogP contribution in [0.4, 0.5) is 0 Å². The van der Waals surface area contributed by atoms with E-state index in [-0.39, 0.29) is 0 Å². The number of rotatable bonds is 4. The van der Waals surface area contributed by atoms with Crippen molar-refractivity contribution in [2.45, 2.75) is 12.8 Å². The Balaban J connectivity index is 1.44. The Kier molecular flexibility index (Phi) is 5.63. The second kappa shape index (κ2) is 9.96. The summed E-state index contributed by atoms with van der Waals surface area (Å²) in [6.45, 7) is 0. The Morgan fingerprint density at radius 1 is 0.523 bits per heavy atom. The summed E-state index contributed by atoms with van der Waals surface area (Å²) < 4.78 is 4.96. The van der Waals surface area contributed by atoms with Crippen LogP contribution in [0.3, 0.4) is 0 Å². The summed E-state index contributed by atoms with van der Waals surface area (Å²) in [5.41, 5.74) is 12.8. The van der Waals surface area contributed by atoms with Crippen molar-refractivity contribution >= 4 is 38.8 Å². The van der Waals surface area contributed by atoms with E-state index in [4.69, 9.17) is 4.98 Å². The van der Waals surface area contributed by atoms with Crippen LogP contribution in [-0.2, 0) is 6.42 Å². The first kappa shape index (κ1) is 24.9. The molecule has 9 rings (SSSR count). The number of aromatic nitrogens is 3. The second-order valence-electron chi connectivity index (χ2n) is 11.5. The highest BCUT2D eigenvalue weighted by atomic mass is 15.0. The predicted octanol–water partition coefficient (Wildman–Crippen LogP) is 10.4. The van der Waals surface area contributed by atoms with Gasteiger partial charge in [0, 0.05) is 44.2 Å². The van der Waals surface area contributed by atoms with E-state index >= 15 is 0 Å². The molecular weight excluding hydrogens is 534 g/mol. The highest BCUT2D eigenvalue weighted by Gasteiger charge is 2.24. The lowest BCUT2D eigenvalue weighted by atomic mass is 10.0. The number of hydrogen-bond donors (Lipinski definition) is 0. The quantitative estimate of drug-likeness (QED) is 0.209. The van der Waals surface area contributed by atoms with Crippen LogP contribution in [0.25, 0.3) is 72.7 Å². The zero-order valence-corrected chi connectivity index (χ0v) is 24.2. The number of para-hydroxylation sites is 2. The van der Waals surface area contributed by atoms with Gasteiger partial charge in [-0.25, -0.2) is 4.98 Å². The summed E-state index contributed by atoms with van der Waals surface area (Å²) in [6, 6.07) is 49.8.